The lowest BCUT2D eigenvalue weighted by Gasteiger charge is -2.50. The zero-order valence-corrected chi connectivity index (χ0v) is 22.5. The summed E-state index contributed by atoms with van der Waals surface area (Å²) in [5.74, 6) is -1.55. The van der Waals surface area contributed by atoms with Crippen LogP contribution in [0.3, 0.4) is 0 Å². The quantitative estimate of drug-likeness (QED) is 0.366. The third-order valence-electron chi connectivity index (χ3n) is 8.34. The van der Waals surface area contributed by atoms with E-state index in [0.717, 1.165) is 32.0 Å². The molecule has 1 spiro atoms. The van der Waals surface area contributed by atoms with Gasteiger partial charge in [0.15, 0.2) is 5.41 Å². The average Bonchev–Trinajstić information content (AvgIpc) is 3.47. The maximum Gasteiger partial charge on any atom is 0.332 e. The summed E-state index contributed by atoms with van der Waals surface area (Å²) in [4.78, 5) is 75.4. The molecule has 3 aliphatic heterocycles. The first-order valence-electron chi connectivity index (χ1n) is 13.3. The molecular formula is C29H28N6O6. The van der Waals surface area contributed by atoms with Gasteiger partial charge in [-0.1, -0.05) is 30.3 Å². The molecule has 2 saturated heterocycles. The third kappa shape index (κ3) is 3.97. The highest BCUT2D eigenvalue weighted by atomic mass is 16.3. The fourth-order valence-electron chi connectivity index (χ4n) is 6.33. The van der Waals surface area contributed by atoms with Crippen molar-refractivity contribution in [1.82, 2.24) is 19.4 Å². The van der Waals surface area contributed by atoms with E-state index in [4.69, 9.17) is 0 Å². The second kappa shape index (κ2) is 9.58. The zero-order valence-electron chi connectivity index (χ0n) is 22.5. The van der Waals surface area contributed by atoms with Crippen LogP contribution in [0.1, 0.15) is 29.5 Å². The number of nitrogens with one attached hydrogen (secondary N) is 1. The van der Waals surface area contributed by atoms with Crippen molar-refractivity contribution in [3.05, 3.63) is 86.1 Å². The van der Waals surface area contributed by atoms with E-state index in [1.807, 2.05) is 12.1 Å². The fourth-order valence-corrected chi connectivity index (χ4v) is 6.33. The van der Waals surface area contributed by atoms with Crippen LogP contribution in [0.4, 0.5) is 16.2 Å². The first-order valence-corrected chi connectivity index (χ1v) is 13.3. The van der Waals surface area contributed by atoms with Gasteiger partial charge in [0.05, 0.1) is 18.3 Å². The molecule has 210 valence electrons. The van der Waals surface area contributed by atoms with Crippen molar-refractivity contribution in [2.75, 3.05) is 25.5 Å². The van der Waals surface area contributed by atoms with Crippen molar-refractivity contribution in [2.45, 2.75) is 31.8 Å². The van der Waals surface area contributed by atoms with E-state index < -0.39 is 40.4 Å². The lowest BCUT2D eigenvalue weighted by Crippen LogP contribution is -2.70. The number of carbonyl (C=O) groups excluding carboxylic acids is 3. The number of aromatic nitrogens is 2. The monoisotopic (exact) mass is 556 g/mol. The van der Waals surface area contributed by atoms with Gasteiger partial charge in [-0.3, -0.25) is 38.7 Å². The molecule has 1 aromatic heterocycles. The lowest BCUT2D eigenvalue weighted by molar-refractivity contribution is -0.159. The number of aliphatic imine (C=N–C) groups is 1. The highest BCUT2D eigenvalue weighted by Crippen LogP contribution is 2.49. The molecule has 4 heterocycles. The molecule has 3 aromatic rings. The van der Waals surface area contributed by atoms with Gasteiger partial charge in [0.25, 0.3) is 5.56 Å². The van der Waals surface area contributed by atoms with E-state index in [2.05, 4.69) is 14.9 Å². The maximum atomic E-state index is 13.6. The van der Waals surface area contributed by atoms with Crippen LogP contribution in [-0.4, -0.2) is 75.2 Å². The molecule has 12 nitrogen and oxygen atoms in total. The molecule has 2 N–H and O–H groups in total. The minimum Gasteiger partial charge on any atom is -0.494 e. The van der Waals surface area contributed by atoms with Crippen LogP contribution in [0.5, 0.6) is 5.88 Å². The van der Waals surface area contributed by atoms with Crippen molar-refractivity contribution in [3.8, 4) is 5.88 Å². The van der Waals surface area contributed by atoms with E-state index in [-0.39, 0.29) is 24.6 Å². The molecule has 0 saturated carbocycles. The van der Waals surface area contributed by atoms with Crippen LogP contribution >= 0.6 is 0 Å². The number of carbonyl (C=O) groups is 3. The zero-order chi connectivity index (χ0) is 29.1. The molecule has 0 bridgehead atoms. The van der Waals surface area contributed by atoms with Gasteiger partial charge in [0.2, 0.25) is 17.7 Å². The first kappa shape index (κ1) is 26.2. The van der Waals surface area contributed by atoms with Gasteiger partial charge < -0.3 is 10.0 Å². The number of urea groups is 1. The number of benzene rings is 2. The molecular weight excluding hydrogens is 528 g/mol. The molecule has 2 aromatic carbocycles. The minimum atomic E-state index is -1.44. The van der Waals surface area contributed by atoms with E-state index in [0.29, 0.717) is 24.2 Å². The van der Waals surface area contributed by atoms with E-state index in [1.54, 1.807) is 36.4 Å². The summed E-state index contributed by atoms with van der Waals surface area (Å²) < 4.78 is 1.05. The van der Waals surface area contributed by atoms with Crippen molar-refractivity contribution in [2.24, 2.45) is 10.4 Å². The van der Waals surface area contributed by atoms with Crippen LogP contribution < -0.4 is 16.1 Å². The van der Waals surface area contributed by atoms with Gasteiger partial charge in [-0.2, -0.15) is 0 Å². The molecule has 2 fully saturated rings. The lowest BCUT2D eigenvalue weighted by atomic mass is 9.68. The first-order chi connectivity index (χ1) is 19.6. The predicted molar refractivity (Wildman–Crippen MR) is 150 cm³/mol. The number of barbiturate groups is 1. The number of H-pyrrole nitrogens is 1. The SMILES string of the molecule is CN1C(=O)N(C)C(=O)C2(Cc3cc(N=Cc4c(O)n(Cc5ccccc5)c(=O)[nH]c4=O)ccc3N3CCCC32)C1=O. The number of hydrogen-bond donors (Lipinski definition) is 2. The maximum absolute atomic E-state index is 13.6. The predicted octanol–water partition coefficient (Wildman–Crippen LogP) is 1.60. The Balaban J connectivity index is 1.37. The van der Waals surface area contributed by atoms with Crippen molar-refractivity contribution in [3.63, 3.8) is 0 Å². The van der Waals surface area contributed by atoms with E-state index >= 15 is 0 Å². The smallest absolute Gasteiger partial charge is 0.332 e. The second-order valence-corrected chi connectivity index (χ2v) is 10.6. The van der Waals surface area contributed by atoms with Crippen LogP contribution in [0.15, 0.2) is 63.1 Å². The summed E-state index contributed by atoms with van der Waals surface area (Å²) in [5.41, 5.74) is -0.382. The number of imide groups is 2. The average molecular weight is 557 g/mol. The van der Waals surface area contributed by atoms with Gasteiger partial charge in [0, 0.05) is 32.5 Å². The number of rotatable bonds is 4. The summed E-state index contributed by atoms with van der Waals surface area (Å²) in [7, 11) is 2.79. The van der Waals surface area contributed by atoms with Crippen LogP contribution in [-0.2, 0) is 22.6 Å². The summed E-state index contributed by atoms with van der Waals surface area (Å²) in [6.45, 7) is 0.713. The van der Waals surface area contributed by atoms with Gasteiger partial charge in [-0.15, -0.1) is 0 Å². The topological polar surface area (TPSA) is 148 Å². The van der Waals surface area contributed by atoms with Gasteiger partial charge >= 0.3 is 11.7 Å². The van der Waals surface area contributed by atoms with Crippen LogP contribution in [0, 0.1) is 5.41 Å². The molecule has 4 amide bonds. The van der Waals surface area contributed by atoms with Gasteiger partial charge in [0.1, 0.15) is 5.56 Å². The number of hydrogen-bond acceptors (Lipinski definition) is 8. The fraction of sp³-hybridized carbons (Fsp3) is 0.310. The van der Waals surface area contributed by atoms with Crippen molar-refractivity contribution >= 4 is 35.4 Å². The standard InChI is InChI=1S/C29H28N6O6/c1-32-25(38)29(26(39)33(2)28(32)41)14-18-13-19(10-11-21(18)34-12-6-9-22(29)34)30-15-20-23(36)31-27(40)35(24(20)37)16-17-7-4-3-5-8-17/h3-5,7-8,10-11,13,15,22,37H,6,9,12,14,16H2,1-2H3,(H,31,36,40). The number of nitrogens with zero attached hydrogens (tertiary/aromatic N) is 5. The summed E-state index contributed by atoms with van der Waals surface area (Å²) in [6.07, 6.45) is 2.73. The second-order valence-electron chi connectivity index (χ2n) is 10.6. The van der Waals surface area contributed by atoms with Crippen LogP contribution in [0.25, 0.3) is 0 Å². The number of aromatic amines is 1. The molecule has 0 aliphatic carbocycles. The van der Waals surface area contributed by atoms with Crippen LogP contribution in [0.2, 0.25) is 0 Å². The Morgan fingerprint density at radius 2 is 1.73 bits per heavy atom. The summed E-state index contributed by atoms with van der Waals surface area (Å²) in [6, 6.07) is 13.4. The molecule has 0 radical (unpaired) electrons. The Kier molecular flexibility index (Phi) is 6.13. The normalized spacial score (nSPS) is 19.8. The Morgan fingerprint density at radius 3 is 2.44 bits per heavy atom. The van der Waals surface area contributed by atoms with E-state index in [1.165, 1.54) is 20.3 Å². The molecule has 1 unspecified atom stereocenters. The minimum absolute atomic E-state index is 0.0501. The Bertz CT molecular complexity index is 1720. The third-order valence-corrected chi connectivity index (χ3v) is 8.34. The number of fused-ring (bicyclic) bond motifs is 4. The number of amides is 4. The van der Waals surface area contributed by atoms with Crippen molar-refractivity contribution in [1.29, 1.82) is 0 Å². The van der Waals surface area contributed by atoms with Crippen molar-refractivity contribution < 1.29 is 19.5 Å². The summed E-state index contributed by atoms with van der Waals surface area (Å²) >= 11 is 0. The molecule has 3 aliphatic rings. The number of aromatic hydroxyl groups is 1. The molecule has 41 heavy (non-hydrogen) atoms. The van der Waals surface area contributed by atoms with Gasteiger partial charge in [-0.05, 0) is 48.6 Å². The summed E-state index contributed by atoms with van der Waals surface area (Å²) in [5, 5.41) is 10.8. The molecule has 12 heteroatoms. The van der Waals surface area contributed by atoms with E-state index in [9.17, 15) is 29.1 Å². The highest BCUT2D eigenvalue weighted by Gasteiger charge is 2.63. The molecule has 1 atom stereocenters. The molecule has 6 rings (SSSR count). The Morgan fingerprint density at radius 1 is 1.02 bits per heavy atom. The van der Waals surface area contributed by atoms with Gasteiger partial charge in [-0.25, -0.2) is 9.59 Å². The highest BCUT2D eigenvalue weighted by molar-refractivity contribution is 6.20. The Hall–Kier alpha value is -5.00. The number of anilines is 1. The Labute approximate surface area is 234 Å². The largest absolute Gasteiger partial charge is 0.494 e.